The molecule has 4 heteroatoms. The van der Waals surface area contributed by atoms with Crippen LogP contribution in [0.15, 0.2) is 24.3 Å². The van der Waals surface area contributed by atoms with Crippen LogP contribution in [0.2, 0.25) is 0 Å². The van der Waals surface area contributed by atoms with E-state index in [-0.39, 0.29) is 12.1 Å². The molecule has 3 nitrogen and oxygen atoms in total. The quantitative estimate of drug-likeness (QED) is 0.756. The van der Waals surface area contributed by atoms with Crippen molar-refractivity contribution >= 4 is 22.2 Å². The number of amides is 1. The van der Waals surface area contributed by atoms with Gasteiger partial charge in [-0.1, -0.05) is 57.0 Å². The Morgan fingerprint density at radius 1 is 1.19 bits per heavy atom. The summed E-state index contributed by atoms with van der Waals surface area (Å²) in [5, 5.41) is 7.78. The van der Waals surface area contributed by atoms with Gasteiger partial charge in [-0.15, -0.1) is 11.3 Å². The number of hydrogen-bond donors (Lipinski definition) is 2. The minimum Gasteiger partial charge on any atom is -0.353 e. The largest absolute Gasteiger partial charge is 0.353 e. The summed E-state index contributed by atoms with van der Waals surface area (Å²) < 4.78 is 0. The number of benzene rings is 1. The number of aryl methyl sites for hydroxylation is 1. The highest BCUT2D eigenvalue weighted by Gasteiger charge is 2.37. The van der Waals surface area contributed by atoms with E-state index in [2.05, 4.69) is 62.6 Å². The second-order valence-electron chi connectivity index (χ2n) is 8.45. The highest BCUT2D eigenvalue weighted by molar-refractivity contribution is 7.16. The van der Waals surface area contributed by atoms with Gasteiger partial charge in [-0.25, -0.2) is 0 Å². The number of hydrogen-bond acceptors (Lipinski definition) is 3. The van der Waals surface area contributed by atoms with Crippen LogP contribution in [-0.2, 0) is 12.8 Å². The topological polar surface area (TPSA) is 41.1 Å². The van der Waals surface area contributed by atoms with Crippen LogP contribution in [0.3, 0.4) is 0 Å². The summed E-state index contributed by atoms with van der Waals surface area (Å²) in [6.45, 7) is 9.13. The van der Waals surface area contributed by atoms with Gasteiger partial charge in [0.15, 0.2) is 0 Å². The summed E-state index contributed by atoms with van der Waals surface area (Å²) in [6.07, 6.45) is 4.38. The summed E-state index contributed by atoms with van der Waals surface area (Å²) >= 11 is 1.80. The fraction of sp³-hybridized carbons (Fsp3) is 0.500. The number of fused-ring (bicyclic) bond motifs is 3. The first-order valence-electron chi connectivity index (χ1n) is 9.67. The molecular weight excluding hydrogens is 340 g/mol. The zero-order valence-electron chi connectivity index (χ0n) is 16.1. The van der Waals surface area contributed by atoms with Gasteiger partial charge in [0.1, 0.15) is 11.2 Å². The minimum atomic E-state index is -0.140. The highest BCUT2D eigenvalue weighted by Crippen LogP contribution is 2.46. The first kappa shape index (κ1) is 17.6. The van der Waals surface area contributed by atoms with Gasteiger partial charge < -0.3 is 10.6 Å². The number of carbonyl (C=O) groups excluding carboxylic acids is 1. The molecule has 2 N–H and O–H groups in total. The molecule has 2 aromatic rings. The van der Waals surface area contributed by atoms with Gasteiger partial charge in [-0.2, -0.15) is 0 Å². The van der Waals surface area contributed by atoms with Crippen molar-refractivity contribution in [2.24, 2.45) is 11.3 Å². The van der Waals surface area contributed by atoms with Crippen LogP contribution in [-0.4, -0.2) is 5.91 Å². The average molecular weight is 369 g/mol. The standard InChI is InChI=1S/C22H28N2OS/c1-5-22(3,4)15-10-11-16-17(12-15)26-21-18(16)20(25)23-19(24-21)14-8-6-13(2)7-9-14/h6-9,15,19,24H,5,10-12H2,1-4H3,(H,23,25). The van der Waals surface area contributed by atoms with E-state index in [0.29, 0.717) is 11.3 Å². The lowest BCUT2D eigenvalue weighted by molar-refractivity contribution is 0.0934. The van der Waals surface area contributed by atoms with Gasteiger partial charge >= 0.3 is 0 Å². The maximum Gasteiger partial charge on any atom is 0.256 e. The second-order valence-corrected chi connectivity index (χ2v) is 9.56. The van der Waals surface area contributed by atoms with Crippen LogP contribution in [0.25, 0.3) is 0 Å². The Kier molecular flexibility index (Phi) is 4.34. The molecule has 0 bridgehead atoms. The maximum atomic E-state index is 12.9. The van der Waals surface area contributed by atoms with Crippen molar-refractivity contribution in [1.82, 2.24) is 5.32 Å². The molecule has 2 heterocycles. The van der Waals surface area contributed by atoms with Crippen LogP contribution in [0.1, 0.15) is 71.7 Å². The lowest BCUT2D eigenvalue weighted by Crippen LogP contribution is -2.38. The molecule has 2 atom stereocenters. The van der Waals surface area contributed by atoms with Crippen LogP contribution < -0.4 is 10.6 Å². The summed E-state index contributed by atoms with van der Waals surface area (Å²) in [7, 11) is 0. The Bertz CT molecular complexity index is 835. The SMILES string of the molecule is CCC(C)(C)C1CCc2c(sc3c2C(=O)NC(c2ccc(C)cc2)N3)C1. The number of nitrogens with one attached hydrogen (secondary N) is 2. The van der Waals surface area contributed by atoms with Gasteiger partial charge in [0.25, 0.3) is 5.91 Å². The Labute approximate surface area is 160 Å². The van der Waals surface area contributed by atoms with Crippen molar-refractivity contribution in [2.75, 3.05) is 5.32 Å². The Hall–Kier alpha value is -1.81. The van der Waals surface area contributed by atoms with Crippen molar-refractivity contribution in [3.63, 3.8) is 0 Å². The minimum absolute atomic E-state index is 0.0787. The molecule has 4 rings (SSSR count). The molecule has 0 spiro atoms. The predicted molar refractivity (Wildman–Crippen MR) is 109 cm³/mol. The van der Waals surface area contributed by atoms with Gasteiger partial charge in [0, 0.05) is 4.88 Å². The van der Waals surface area contributed by atoms with Gasteiger partial charge in [-0.05, 0) is 48.6 Å². The molecule has 1 aromatic heterocycles. The van der Waals surface area contributed by atoms with E-state index in [0.717, 1.165) is 29.0 Å². The number of carbonyl (C=O) groups is 1. The van der Waals surface area contributed by atoms with E-state index in [1.165, 1.54) is 28.8 Å². The first-order chi connectivity index (χ1) is 12.4. The normalized spacial score (nSPS) is 22.2. The molecule has 0 saturated heterocycles. The lowest BCUT2D eigenvalue weighted by Gasteiger charge is -2.36. The molecule has 1 aliphatic carbocycles. The van der Waals surface area contributed by atoms with E-state index in [9.17, 15) is 4.79 Å². The summed E-state index contributed by atoms with van der Waals surface area (Å²) in [5.74, 6) is 0.783. The van der Waals surface area contributed by atoms with Gasteiger partial charge in [0.2, 0.25) is 0 Å². The van der Waals surface area contributed by atoms with Gasteiger partial charge in [0.05, 0.1) is 5.56 Å². The van der Waals surface area contributed by atoms with Crippen LogP contribution >= 0.6 is 11.3 Å². The monoisotopic (exact) mass is 368 g/mol. The Morgan fingerprint density at radius 3 is 2.62 bits per heavy atom. The van der Waals surface area contributed by atoms with E-state index < -0.39 is 0 Å². The summed E-state index contributed by atoms with van der Waals surface area (Å²) in [4.78, 5) is 14.3. The second kappa shape index (κ2) is 6.41. The molecule has 1 aliphatic heterocycles. The van der Waals surface area contributed by atoms with E-state index in [4.69, 9.17) is 0 Å². The number of anilines is 1. The molecular formula is C22H28N2OS. The third kappa shape index (κ3) is 2.94. The van der Waals surface area contributed by atoms with Crippen molar-refractivity contribution in [3.05, 3.63) is 51.4 Å². The van der Waals surface area contributed by atoms with Crippen LogP contribution in [0.4, 0.5) is 5.00 Å². The summed E-state index contributed by atoms with van der Waals surface area (Å²) in [5.41, 5.74) is 4.89. The maximum absolute atomic E-state index is 12.9. The molecule has 1 amide bonds. The first-order valence-corrected chi connectivity index (χ1v) is 10.5. The van der Waals surface area contributed by atoms with E-state index >= 15 is 0 Å². The third-order valence-electron chi connectivity index (χ3n) is 6.47. The molecule has 0 radical (unpaired) electrons. The lowest BCUT2D eigenvalue weighted by atomic mass is 9.69. The smallest absolute Gasteiger partial charge is 0.256 e. The molecule has 0 fully saturated rings. The zero-order chi connectivity index (χ0) is 18.5. The molecule has 0 saturated carbocycles. The predicted octanol–water partition coefficient (Wildman–Crippen LogP) is 5.45. The number of rotatable bonds is 3. The molecule has 2 aliphatic rings. The van der Waals surface area contributed by atoms with Crippen molar-refractivity contribution in [2.45, 2.75) is 59.5 Å². The van der Waals surface area contributed by atoms with Crippen molar-refractivity contribution in [3.8, 4) is 0 Å². The third-order valence-corrected chi connectivity index (χ3v) is 7.66. The van der Waals surface area contributed by atoms with E-state index in [1.807, 2.05) is 0 Å². The molecule has 138 valence electrons. The average Bonchev–Trinajstić information content (AvgIpc) is 3.00. The fourth-order valence-corrected chi connectivity index (χ4v) is 5.53. The fourth-order valence-electron chi connectivity index (χ4n) is 4.18. The van der Waals surface area contributed by atoms with Crippen molar-refractivity contribution in [1.29, 1.82) is 0 Å². The van der Waals surface area contributed by atoms with Crippen LogP contribution in [0, 0.1) is 18.3 Å². The van der Waals surface area contributed by atoms with Crippen LogP contribution in [0.5, 0.6) is 0 Å². The van der Waals surface area contributed by atoms with E-state index in [1.54, 1.807) is 11.3 Å². The molecule has 1 aromatic carbocycles. The molecule has 2 unspecified atom stereocenters. The summed E-state index contributed by atoms with van der Waals surface area (Å²) in [6, 6.07) is 8.36. The highest BCUT2D eigenvalue weighted by atomic mass is 32.1. The van der Waals surface area contributed by atoms with Crippen molar-refractivity contribution < 1.29 is 4.79 Å². The Balaban J connectivity index is 1.63. The molecule has 26 heavy (non-hydrogen) atoms. The zero-order valence-corrected chi connectivity index (χ0v) is 16.9. The Morgan fingerprint density at radius 2 is 1.92 bits per heavy atom. The van der Waals surface area contributed by atoms with Gasteiger partial charge in [-0.3, -0.25) is 4.79 Å². The number of thiophene rings is 1.